The van der Waals surface area contributed by atoms with Crippen LogP contribution in [0.4, 0.5) is 11.5 Å². The summed E-state index contributed by atoms with van der Waals surface area (Å²) in [5.74, 6) is 3.63. The van der Waals surface area contributed by atoms with Crippen LogP contribution in [0.25, 0.3) is 10.9 Å². The third-order valence-electron chi connectivity index (χ3n) is 8.33. The molecule has 1 aromatic carbocycles. The number of carbonyl (C=O) groups excluding carboxylic acids is 1. The molecule has 0 aliphatic heterocycles. The minimum atomic E-state index is 0.168. The molecule has 6 nitrogen and oxygen atoms in total. The first-order chi connectivity index (χ1) is 16.6. The minimum absolute atomic E-state index is 0.168. The number of aliphatic hydroxyl groups excluding tert-OH is 1. The van der Waals surface area contributed by atoms with Gasteiger partial charge in [-0.3, -0.25) is 4.79 Å². The van der Waals surface area contributed by atoms with Crippen LogP contribution >= 0.6 is 0 Å². The van der Waals surface area contributed by atoms with Gasteiger partial charge < -0.3 is 21.1 Å². The molecular weight excluding hydrogens is 424 g/mol. The predicted octanol–water partition coefficient (Wildman–Crippen LogP) is 4.94. The molecule has 34 heavy (non-hydrogen) atoms. The fourth-order valence-electron chi connectivity index (χ4n) is 7.35. The van der Waals surface area contributed by atoms with Crippen molar-refractivity contribution >= 4 is 28.3 Å². The zero-order valence-corrected chi connectivity index (χ0v) is 20.3. The summed E-state index contributed by atoms with van der Waals surface area (Å²) in [6, 6.07) is 10.0. The molecule has 0 unspecified atom stereocenters. The molecule has 0 saturated heterocycles. The smallest absolute Gasteiger partial charge is 0.224 e. The van der Waals surface area contributed by atoms with Gasteiger partial charge in [0, 0.05) is 31.5 Å². The zero-order valence-electron chi connectivity index (χ0n) is 20.3. The molecule has 1 amide bonds. The van der Waals surface area contributed by atoms with Gasteiger partial charge in [0.25, 0.3) is 0 Å². The van der Waals surface area contributed by atoms with Crippen molar-refractivity contribution < 1.29 is 9.90 Å². The number of hydrogen-bond acceptors (Lipinski definition) is 5. The van der Waals surface area contributed by atoms with E-state index in [1.54, 1.807) is 0 Å². The number of aliphatic hydroxyl groups is 1. The fourth-order valence-corrected chi connectivity index (χ4v) is 7.35. The van der Waals surface area contributed by atoms with Gasteiger partial charge in [-0.15, -0.1) is 0 Å². The number of nitrogens with zero attached hydrogens (tertiary/aromatic N) is 1. The average molecular weight is 465 g/mol. The molecule has 1 heterocycles. The molecule has 2 aromatic rings. The Morgan fingerprint density at radius 3 is 2.44 bits per heavy atom. The highest BCUT2D eigenvalue weighted by molar-refractivity contribution is 6.01. The van der Waals surface area contributed by atoms with Crippen molar-refractivity contribution in [3.05, 3.63) is 30.3 Å². The van der Waals surface area contributed by atoms with E-state index in [1.807, 2.05) is 24.3 Å². The lowest BCUT2D eigenvalue weighted by Gasteiger charge is -2.56. The Labute approximate surface area is 203 Å². The SMILES string of the molecule is O=C(CC12CC3CC(CC(C3)C1)C2)Nc1cccc2nc(NCCNCCCCCO)ccc12. The van der Waals surface area contributed by atoms with Gasteiger partial charge in [0.15, 0.2) is 0 Å². The van der Waals surface area contributed by atoms with Crippen molar-refractivity contribution in [3.8, 4) is 0 Å². The van der Waals surface area contributed by atoms with Crippen LogP contribution in [0.3, 0.4) is 0 Å². The zero-order chi connectivity index (χ0) is 23.4. The molecular formula is C28H40N4O2. The second kappa shape index (κ2) is 10.6. The van der Waals surface area contributed by atoms with Crippen LogP contribution in [0.2, 0.25) is 0 Å². The topological polar surface area (TPSA) is 86.3 Å². The normalized spacial score (nSPS) is 27.3. The standard InChI is InChI=1S/C28H40N4O2/c33-12-3-1-2-9-29-10-11-30-26-8-7-23-24(31-26)5-4-6-25(23)32-27(34)19-28-16-20-13-21(17-28)15-22(14-20)18-28/h4-8,20-22,29,33H,1-3,9-19H2,(H,30,31)(H,32,34). The van der Waals surface area contributed by atoms with Crippen molar-refractivity contribution in [1.82, 2.24) is 10.3 Å². The molecule has 4 aliphatic carbocycles. The molecule has 4 aliphatic rings. The van der Waals surface area contributed by atoms with E-state index in [9.17, 15) is 4.79 Å². The molecule has 184 valence electrons. The molecule has 4 saturated carbocycles. The highest BCUT2D eigenvalue weighted by atomic mass is 16.2. The second-order valence-electron chi connectivity index (χ2n) is 11.2. The van der Waals surface area contributed by atoms with Crippen LogP contribution in [0.1, 0.15) is 64.2 Å². The number of amides is 1. The van der Waals surface area contributed by atoms with Crippen molar-refractivity contribution in [2.75, 3.05) is 36.9 Å². The number of benzene rings is 1. The van der Waals surface area contributed by atoms with Gasteiger partial charge in [0.05, 0.1) is 11.2 Å². The summed E-state index contributed by atoms with van der Waals surface area (Å²) in [4.78, 5) is 17.9. The molecule has 0 spiro atoms. The molecule has 6 rings (SSSR count). The first-order valence-corrected chi connectivity index (χ1v) is 13.4. The third kappa shape index (κ3) is 5.55. The molecule has 0 atom stereocenters. The quantitative estimate of drug-likeness (QED) is 0.334. The number of aromatic nitrogens is 1. The van der Waals surface area contributed by atoms with E-state index >= 15 is 0 Å². The molecule has 1 aromatic heterocycles. The van der Waals surface area contributed by atoms with Crippen LogP contribution < -0.4 is 16.0 Å². The van der Waals surface area contributed by atoms with Gasteiger partial charge in [0.1, 0.15) is 5.82 Å². The second-order valence-corrected chi connectivity index (χ2v) is 11.2. The summed E-state index contributed by atoms with van der Waals surface area (Å²) < 4.78 is 0. The Balaban J connectivity index is 1.14. The average Bonchev–Trinajstić information content (AvgIpc) is 2.79. The number of unbranched alkanes of at least 4 members (excludes halogenated alkanes) is 2. The largest absolute Gasteiger partial charge is 0.396 e. The number of carbonyl (C=O) groups is 1. The molecule has 4 N–H and O–H groups in total. The molecule has 4 bridgehead atoms. The Bertz CT molecular complexity index is 956. The maximum absolute atomic E-state index is 13.1. The van der Waals surface area contributed by atoms with E-state index in [2.05, 4.69) is 22.0 Å². The summed E-state index contributed by atoms with van der Waals surface area (Å²) in [5, 5.41) is 19.8. The molecule has 4 fully saturated rings. The summed E-state index contributed by atoms with van der Waals surface area (Å²) in [7, 11) is 0. The number of anilines is 2. The predicted molar refractivity (Wildman–Crippen MR) is 138 cm³/mol. The van der Waals surface area contributed by atoms with Gasteiger partial charge in [-0.2, -0.15) is 0 Å². The maximum atomic E-state index is 13.1. The monoisotopic (exact) mass is 464 g/mol. The van der Waals surface area contributed by atoms with Gasteiger partial charge in [-0.1, -0.05) is 6.07 Å². The summed E-state index contributed by atoms with van der Waals surface area (Å²) in [6.07, 6.45) is 11.7. The number of nitrogens with one attached hydrogen (secondary N) is 3. The Kier molecular flexibility index (Phi) is 7.35. The number of hydrogen-bond donors (Lipinski definition) is 4. The van der Waals surface area contributed by atoms with Gasteiger partial charge in [-0.25, -0.2) is 4.98 Å². The van der Waals surface area contributed by atoms with Crippen LogP contribution in [0, 0.1) is 23.2 Å². The first kappa shape index (κ1) is 23.6. The van der Waals surface area contributed by atoms with E-state index in [1.165, 1.54) is 38.5 Å². The lowest BCUT2D eigenvalue weighted by Crippen LogP contribution is -2.47. The summed E-state index contributed by atoms with van der Waals surface area (Å²) >= 11 is 0. The van der Waals surface area contributed by atoms with Crippen LogP contribution in [-0.4, -0.2) is 42.2 Å². The van der Waals surface area contributed by atoms with Crippen LogP contribution in [0.15, 0.2) is 30.3 Å². The molecule has 0 radical (unpaired) electrons. The minimum Gasteiger partial charge on any atom is -0.396 e. The summed E-state index contributed by atoms with van der Waals surface area (Å²) in [6.45, 7) is 2.93. The van der Waals surface area contributed by atoms with E-state index in [4.69, 9.17) is 10.1 Å². The molecule has 6 heteroatoms. The van der Waals surface area contributed by atoms with E-state index in [0.29, 0.717) is 6.42 Å². The third-order valence-corrected chi connectivity index (χ3v) is 8.33. The van der Waals surface area contributed by atoms with E-state index in [0.717, 1.165) is 79.1 Å². The van der Waals surface area contributed by atoms with Crippen molar-refractivity contribution in [2.24, 2.45) is 23.2 Å². The number of rotatable bonds is 12. The maximum Gasteiger partial charge on any atom is 0.224 e. The van der Waals surface area contributed by atoms with E-state index in [-0.39, 0.29) is 17.9 Å². The highest BCUT2D eigenvalue weighted by Crippen LogP contribution is 2.61. The Morgan fingerprint density at radius 1 is 0.941 bits per heavy atom. The van der Waals surface area contributed by atoms with Gasteiger partial charge >= 0.3 is 0 Å². The fraction of sp³-hybridized carbons (Fsp3) is 0.643. The highest BCUT2D eigenvalue weighted by Gasteiger charge is 2.51. The van der Waals surface area contributed by atoms with Gasteiger partial charge in [0.2, 0.25) is 5.91 Å². The van der Waals surface area contributed by atoms with Gasteiger partial charge in [-0.05, 0) is 112 Å². The van der Waals surface area contributed by atoms with Crippen molar-refractivity contribution in [3.63, 3.8) is 0 Å². The number of fused-ring (bicyclic) bond motifs is 1. The Hall–Kier alpha value is -2.18. The number of pyridine rings is 1. The Morgan fingerprint density at radius 2 is 1.71 bits per heavy atom. The summed E-state index contributed by atoms with van der Waals surface area (Å²) in [5.41, 5.74) is 2.02. The van der Waals surface area contributed by atoms with Crippen LogP contribution in [-0.2, 0) is 4.79 Å². The van der Waals surface area contributed by atoms with Crippen LogP contribution in [0.5, 0.6) is 0 Å². The van der Waals surface area contributed by atoms with E-state index < -0.39 is 0 Å². The first-order valence-electron chi connectivity index (χ1n) is 13.4. The van der Waals surface area contributed by atoms with Crippen molar-refractivity contribution in [2.45, 2.75) is 64.2 Å². The van der Waals surface area contributed by atoms with Crippen molar-refractivity contribution in [1.29, 1.82) is 0 Å². The lowest BCUT2D eigenvalue weighted by molar-refractivity contribution is -0.124. The lowest BCUT2D eigenvalue weighted by atomic mass is 9.49.